The number of nitrogens with one attached hydrogen (secondary N) is 1. The van der Waals surface area contributed by atoms with Gasteiger partial charge in [-0.1, -0.05) is 42.5 Å². The standard InChI is InChI=1S/C16H15NO3/c1-20-15(18)11-17-14-9-5-8-13(10-14)16(19)12-6-3-2-4-7-12/h2-10,17H,11H2,1H3. The summed E-state index contributed by atoms with van der Waals surface area (Å²) >= 11 is 0. The van der Waals surface area contributed by atoms with Gasteiger partial charge in [0.05, 0.1) is 7.11 Å². The van der Waals surface area contributed by atoms with Crippen LogP contribution >= 0.6 is 0 Å². The van der Waals surface area contributed by atoms with Crippen LogP contribution in [0.2, 0.25) is 0 Å². The van der Waals surface area contributed by atoms with Crippen molar-refractivity contribution in [2.24, 2.45) is 0 Å². The highest BCUT2D eigenvalue weighted by atomic mass is 16.5. The molecule has 2 aromatic rings. The topological polar surface area (TPSA) is 55.4 Å². The van der Waals surface area contributed by atoms with E-state index in [4.69, 9.17) is 0 Å². The summed E-state index contributed by atoms with van der Waals surface area (Å²) in [5, 5.41) is 2.92. The van der Waals surface area contributed by atoms with Gasteiger partial charge in [-0.25, -0.2) is 0 Å². The van der Waals surface area contributed by atoms with Gasteiger partial charge in [0.15, 0.2) is 5.78 Å². The maximum Gasteiger partial charge on any atom is 0.325 e. The van der Waals surface area contributed by atoms with E-state index in [-0.39, 0.29) is 18.3 Å². The second kappa shape index (κ2) is 6.52. The maximum atomic E-state index is 12.3. The number of ether oxygens (including phenoxy) is 1. The summed E-state index contributed by atoms with van der Waals surface area (Å²) in [7, 11) is 1.33. The zero-order chi connectivity index (χ0) is 14.4. The van der Waals surface area contributed by atoms with Crippen LogP contribution in [0, 0.1) is 0 Å². The highest BCUT2D eigenvalue weighted by Gasteiger charge is 2.09. The van der Waals surface area contributed by atoms with E-state index in [0.29, 0.717) is 16.8 Å². The average molecular weight is 269 g/mol. The summed E-state index contributed by atoms with van der Waals surface area (Å²) < 4.78 is 4.55. The van der Waals surface area contributed by atoms with E-state index in [2.05, 4.69) is 10.1 Å². The first-order valence-electron chi connectivity index (χ1n) is 6.21. The minimum absolute atomic E-state index is 0.0488. The molecular weight excluding hydrogens is 254 g/mol. The van der Waals surface area contributed by atoms with Crippen LogP contribution in [-0.4, -0.2) is 25.4 Å². The molecule has 0 fully saturated rings. The zero-order valence-corrected chi connectivity index (χ0v) is 11.1. The molecule has 20 heavy (non-hydrogen) atoms. The number of hydrogen-bond acceptors (Lipinski definition) is 4. The molecule has 4 heteroatoms. The number of benzene rings is 2. The highest BCUT2D eigenvalue weighted by molar-refractivity contribution is 6.09. The van der Waals surface area contributed by atoms with Crippen LogP contribution in [0.3, 0.4) is 0 Å². The van der Waals surface area contributed by atoms with E-state index < -0.39 is 0 Å². The lowest BCUT2D eigenvalue weighted by Crippen LogP contribution is -2.15. The zero-order valence-electron chi connectivity index (χ0n) is 11.1. The van der Waals surface area contributed by atoms with Crippen LogP contribution in [0.5, 0.6) is 0 Å². The molecule has 0 bridgehead atoms. The van der Waals surface area contributed by atoms with Crippen LogP contribution in [0.15, 0.2) is 54.6 Å². The number of ketones is 1. The van der Waals surface area contributed by atoms with Gasteiger partial charge in [0.2, 0.25) is 0 Å². The van der Waals surface area contributed by atoms with Crippen molar-refractivity contribution in [3.8, 4) is 0 Å². The van der Waals surface area contributed by atoms with Gasteiger partial charge < -0.3 is 10.1 Å². The number of carbonyl (C=O) groups excluding carboxylic acids is 2. The maximum absolute atomic E-state index is 12.3. The molecule has 0 aliphatic carbocycles. The number of hydrogen-bond donors (Lipinski definition) is 1. The van der Waals surface area contributed by atoms with Crippen molar-refractivity contribution in [3.05, 3.63) is 65.7 Å². The number of esters is 1. The molecule has 0 saturated heterocycles. The Kier molecular flexibility index (Phi) is 4.50. The number of anilines is 1. The minimum Gasteiger partial charge on any atom is -0.468 e. The van der Waals surface area contributed by atoms with Crippen LogP contribution in [0.25, 0.3) is 0 Å². The summed E-state index contributed by atoms with van der Waals surface area (Å²) in [4.78, 5) is 23.3. The van der Waals surface area contributed by atoms with E-state index >= 15 is 0 Å². The predicted molar refractivity (Wildman–Crippen MR) is 76.8 cm³/mol. The summed E-state index contributed by atoms with van der Waals surface area (Å²) in [6.45, 7) is 0.0689. The van der Waals surface area contributed by atoms with E-state index in [1.807, 2.05) is 18.2 Å². The Morgan fingerprint density at radius 1 is 1.00 bits per heavy atom. The molecule has 1 N–H and O–H groups in total. The Morgan fingerprint density at radius 2 is 1.70 bits per heavy atom. The van der Waals surface area contributed by atoms with Gasteiger partial charge in [-0.2, -0.15) is 0 Å². The third-order valence-corrected chi connectivity index (χ3v) is 2.83. The Balaban J connectivity index is 2.13. The minimum atomic E-state index is -0.357. The van der Waals surface area contributed by atoms with E-state index in [0.717, 1.165) is 0 Å². The van der Waals surface area contributed by atoms with Gasteiger partial charge >= 0.3 is 5.97 Å². The smallest absolute Gasteiger partial charge is 0.325 e. The molecule has 0 aromatic heterocycles. The molecule has 0 aliphatic heterocycles. The molecule has 0 atom stereocenters. The lowest BCUT2D eigenvalue weighted by Gasteiger charge is -2.07. The van der Waals surface area contributed by atoms with Gasteiger partial charge in [0.25, 0.3) is 0 Å². The SMILES string of the molecule is COC(=O)CNc1cccc(C(=O)c2ccccc2)c1. The molecule has 0 amide bonds. The molecule has 4 nitrogen and oxygen atoms in total. The molecule has 0 aliphatic rings. The monoisotopic (exact) mass is 269 g/mol. The van der Waals surface area contributed by atoms with Crippen LogP contribution in [0.4, 0.5) is 5.69 Å². The van der Waals surface area contributed by atoms with Crippen LogP contribution in [-0.2, 0) is 9.53 Å². The van der Waals surface area contributed by atoms with Crippen molar-refractivity contribution in [1.29, 1.82) is 0 Å². The number of carbonyl (C=O) groups is 2. The van der Waals surface area contributed by atoms with Gasteiger partial charge in [-0.05, 0) is 12.1 Å². The second-order valence-corrected chi connectivity index (χ2v) is 4.21. The predicted octanol–water partition coefficient (Wildman–Crippen LogP) is 2.50. The fourth-order valence-electron chi connectivity index (χ4n) is 1.77. The Labute approximate surface area is 117 Å². The van der Waals surface area contributed by atoms with Crippen molar-refractivity contribution < 1.29 is 14.3 Å². The summed E-state index contributed by atoms with van der Waals surface area (Å²) in [6.07, 6.45) is 0. The fourth-order valence-corrected chi connectivity index (χ4v) is 1.77. The fraction of sp³-hybridized carbons (Fsp3) is 0.125. The first kappa shape index (κ1) is 13.8. The van der Waals surface area contributed by atoms with E-state index in [1.165, 1.54) is 7.11 Å². The molecule has 0 radical (unpaired) electrons. The Bertz CT molecular complexity index is 608. The van der Waals surface area contributed by atoms with Gasteiger partial charge in [0, 0.05) is 16.8 Å². The molecule has 0 unspecified atom stereocenters. The Morgan fingerprint density at radius 3 is 2.40 bits per heavy atom. The average Bonchev–Trinajstić information content (AvgIpc) is 2.53. The third kappa shape index (κ3) is 3.45. The normalized spacial score (nSPS) is 9.85. The summed E-state index contributed by atoms with van der Waals surface area (Å²) in [6, 6.07) is 16.1. The summed E-state index contributed by atoms with van der Waals surface area (Å²) in [5.41, 5.74) is 1.92. The third-order valence-electron chi connectivity index (χ3n) is 2.83. The molecule has 2 aromatic carbocycles. The van der Waals surface area contributed by atoms with Crippen LogP contribution < -0.4 is 5.32 Å². The van der Waals surface area contributed by atoms with Gasteiger partial charge in [-0.15, -0.1) is 0 Å². The van der Waals surface area contributed by atoms with E-state index in [9.17, 15) is 9.59 Å². The first-order chi connectivity index (χ1) is 9.70. The number of rotatable bonds is 5. The quantitative estimate of drug-likeness (QED) is 0.669. The van der Waals surface area contributed by atoms with Crippen molar-refractivity contribution >= 4 is 17.4 Å². The van der Waals surface area contributed by atoms with Crippen molar-refractivity contribution in [2.45, 2.75) is 0 Å². The molecular formula is C16H15NO3. The van der Waals surface area contributed by atoms with Crippen LogP contribution in [0.1, 0.15) is 15.9 Å². The molecule has 0 saturated carbocycles. The molecule has 2 rings (SSSR count). The van der Waals surface area contributed by atoms with Crippen molar-refractivity contribution in [3.63, 3.8) is 0 Å². The van der Waals surface area contributed by atoms with Crippen molar-refractivity contribution in [2.75, 3.05) is 19.0 Å². The van der Waals surface area contributed by atoms with Gasteiger partial charge in [-0.3, -0.25) is 9.59 Å². The van der Waals surface area contributed by atoms with Gasteiger partial charge in [0.1, 0.15) is 6.54 Å². The van der Waals surface area contributed by atoms with E-state index in [1.54, 1.807) is 36.4 Å². The Hall–Kier alpha value is -2.62. The molecule has 0 heterocycles. The highest BCUT2D eigenvalue weighted by Crippen LogP contribution is 2.14. The lowest BCUT2D eigenvalue weighted by molar-refractivity contribution is -0.138. The lowest BCUT2D eigenvalue weighted by atomic mass is 10.0. The number of methoxy groups -OCH3 is 1. The largest absolute Gasteiger partial charge is 0.468 e. The molecule has 102 valence electrons. The second-order valence-electron chi connectivity index (χ2n) is 4.21. The summed E-state index contributed by atoms with van der Waals surface area (Å²) in [5.74, 6) is -0.405. The van der Waals surface area contributed by atoms with Crippen molar-refractivity contribution in [1.82, 2.24) is 0 Å². The first-order valence-corrected chi connectivity index (χ1v) is 6.21. The molecule has 0 spiro atoms.